The van der Waals surface area contributed by atoms with E-state index in [2.05, 4.69) is 20.6 Å². The van der Waals surface area contributed by atoms with Crippen molar-refractivity contribution in [1.29, 1.82) is 0 Å². The molecule has 1 aromatic heterocycles. The van der Waals surface area contributed by atoms with Gasteiger partial charge >= 0.3 is 6.03 Å². The largest absolute Gasteiger partial charge is 0.387 e. The molecular formula is C16H20N4O2. The highest BCUT2D eigenvalue weighted by atomic mass is 16.3. The maximum atomic E-state index is 11.8. The number of anilines is 1. The van der Waals surface area contributed by atoms with E-state index in [1.807, 2.05) is 38.1 Å². The summed E-state index contributed by atoms with van der Waals surface area (Å²) in [4.78, 5) is 20.0. The zero-order chi connectivity index (χ0) is 15.9. The van der Waals surface area contributed by atoms with Crippen LogP contribution in [0.5, 0.6) is 0 Å². The lowest BCUT2D eigenvalue weighted by Crippen LogP contribution is -2.32. The average Bonchev–Trinajstić information content (AvgIpc) is 2.54. The quantitative estimate of drug-likeness (QED) is 0.790. The van der Waals surface area contributed by atoms with E-state index in [0.717, 1.165) is 23.4 Å². The number of nitrogens with zero attached hydrogens (tertiary/aromatic N) is 2. The van der Waals surface area contributed by atoms with E-state index in [0.29, 0.717) is 5.69 Å². The van der Waals surface area contributed by atoms with Crippen LogP contribution in [0, 0.1) is 6.92 Å². The molecule has 1 atom stereocenters. The number of hydrogen-bond donors (Lipinski definition) is 3. The first kappa shape index (κ1) is 15.9. The predicted octanol–water partition coefficient (Wildman–Crippen LogP) is 2.20. The predicted molar refractivity (Wildman–Crippen MR) is 84.6 cm³/mol. The normalized spacial score (nSPS) is 11.8. The fourth-order valence-corrected chi connectivity index (χ4v) is 2.04. The minimum absolute atomic E-state index is 0.130. The van der Waals surface area contributed by atoms with Crippen molar-refractivity contribution in [3.05, 3.63) is 53.6 Å². The van der Waals surface area contributed by atoms with Gasteiger partial charge in [-0.15, -0.1) is 0 Å². The second-order valence-electron chi connectivity index (χ2n) is 4.95. The summed E-state index contributed by atoms with van der Waals surface area (Å²) in [6.45, 7) is 4.01. The van der Waals surface area contributed by atoms with Crippen LogP contribution in [0.2, 0.25) is 0 Å². The fraction of sp³-hybridized carbons (Fsp3) is 0.312. The molecule has 0 spiro atoms. The average molecular weight is 300 g/mol. The van der Waals surface area contributed by atoms with E-state index < -0.39 is 12.1 Å². The third kappa shape index (κ3) is 4.26. The summed E-state index contributed by atoms with van der Waals surface area (Å²) in [6, 6.07) is 7.13. The van der Waals surface area contributed by atoms with Crippen LogP contribution in [-0.4, -0.2) is 27.7 Å². The summed E-state index contributed by atoms with van der Waals surface area (Å²) in [5.74, 6) is 0.723. The SMILES string of the molecule is CCc1ncc(NC(=O)NCC(O)c2ccccc2C)cn1. The standard InChI is InChI=1S/C16H20N4O2/c1-3-15-17-8-12(9-18-15)20-16(22)19-10-14(21)13-7-5-4-6-11(13)2/h4-9,14,21H,3,10H2,1-2H3,(H2,19,20,22). The Hall–Kier alpha value is -2.47. The molecule has 2 aromatic rings. The Bertz CT molecular complexity index is 628. The zero-order valence-corrected chi connectivity index (χ0v) is 12.7. The monoisotopic (exact) mass is 300 g/mol. The first-order valence-corrected chi connectivity index (χ1v) is 7.19. The van der Waals surface area contributed by atoms with Gasteiger partial charge in [0.15, 0.2) is 0 Å². The molecule has 0 aliphatic carbocycles. The minimum atomic E-state index is -0.745. The molecular weight excluding hydrogens is 280 g/mol. The second kappa shape index (κ2) is 7.51. The lowest BCUT2D eigenvalue weighted by atomic mass is 10.0. The highest BCUT2D eigenvalue weighted by Crippen LogP contribution is 2.16. The van der Waals surface area contributed by atoms with Gasteiger partial charge in [-0.2, -0.15) is 0 Å². The van der Waals surface area contributed by atoms with Crippen molar-refractivity contribution in [2.45, 2.75) is 26.4 Å². The number of carbonyl (C=O) groups is 1. The molecule has 0 aliphatic heterocycles. The number of nitrogens with one attached hydrogen (secondary N) is 2. The molecule has 0 bridgehead atoms. The van der Waals surface area contributed by atoms with Crippen molar-refractivity contribution < 1.29 is 9.90 Å². The fourth-order valence-electron chi connectivity index (χ4n) is 2.04. The number of amides is 2. The van der Waals surface area contributed by atoms with Crippen molar-refractivity contribution in [1.82, 2.24) is 15.3 Å². The van der Waals surface area contributed by atoms with E-state index in [1.54, 1.807) is 12.4 Å². The number of aryl methyl sites for hydroxylation is 2. The Morgan fingerprint density at radius 2 is 1.95 bits per heavy atom. The van der Waals surface area contributed by atoms with Crippen molar-refractivity contribution in [2.75, 3.05) is 11.9 Å². The summed E-state index contributed by atoms with van der Waals surface area (Å²) in [5, 5.41) is 15.4. The number of hydrogen-bond acceptors (Lipinski definition) is 4. The number of carbonyl (C=O) groups excluding carboxylic acids is 1. The number of rotatable bonds is 5. The Morgan fingerprint density at radius 1 is 1.27 bits per heavy atom. The molecule has 116 valence electrons. The molecule has 0 radical (unpaired) electrons. The van der Waals surface area contributed by atoms with E-state index >= 15 is 0 Å². The van der Waals surface area contributed by atoms with Gasteiger partial charge in [0.05, 0.1) is 24.2 Å². The van der Waals surface area contributed by atoms with Crippen molar-refractivity contribution >= 4 is 11.7 Å². The Morgan fingerprint density at radius 3 is 2.59 bits per heavy atom. The highest BCUT2D eigenvalue weighted by Gasteiger charge is 2.11. The number of aliphatic hydroxyl groups is 1. The van der Waals surface area contributed by atoms with Crippen molar-refractivity contribution in [3.63, 3.8) is 0 Å². The first-order valence-electron chi connectivity index (χ1n) is 7.19. The Labute approximate surface area is 129 Å². The summed E-state index contributed by atoms with van der Waals surface area (Å²) < 4.78 is 0. The van der Waals surface area contributed by atoms with Gasteiger partial charge in [0, 0.05) is 13.0 Å². The third-order valence-electron chi connectivity index (χ3n) is 3.28. The molecule has 1 heterocycles. The molecule has 0 fully saturated rings. The van der Waals surface area contributed by atoms with Crippen LogP contribution in [0.4, 0.5) is 10.5 Å². The van der Waals surface area contributed by atoms with Crippen LogP contribution in [-0.2, 0) is 6.42 Å². The lowest BCUT2D eigenvalue weighted by Gasteiger charge is -2.14. The van der Waals surface area contributed by atoms with Gasteiger partial charge < -0.3 is 15.7 Å². The van der Waals surface area contributed by atoms with E-state index in [-0.39, 0.29) is 6.54 Å². The summed E-state index contributed by atoms with van der Waals surface area (Å²) >= 11 is 0. The summed E-state index contributed by atoms with van der Waals surface area (Å²) in [5.41, 5.74) is 2.30. The Kier molecular flexibility index (Phi) is 5.43. The lowest BCUT2D eigenvalue weighted by molar-refractivity contribution is 0.174. The number of aliphatic hydroxyl groups excluding tert-OH is 1. The highest BCUT2D eigenvalue weighted by molar-refractivity contribution is 5.88. The smallest absolute Gasteiger partial charge is 0.319 e. The zero-order valence-electron chi connectivity index (χ0n) is 12.7. The van der Waals surface area contributed by atoms with Crippen LogP contribution >= 0.6 is 0 Å². The Balaban J connectivity index is 1.85. The first-order chi connectivity index (χ1) is 10.6. The van der Waals surface area contributed by atoms with Crippen LogP contribution in [0.1, 0.15) is 30.0 Å². The number of aromatic nitrogens is 2. The van der Waals surface area contributed by atoms with Gasteiger partial charge in [-0.25, -0.2) is 14.8 Å². The minimum Gasteiger partial charge on any atom is -0.387 e. The molecule has 1 aromatic carbocycles. The maximum absolute atomic E-state index is 11.8. The van der Waals surface area contributed by atoms with Gasteiger partial charge in [0.2, 0.25) is 0 Å². The van der Waals surface area contributed by atoms with E-state index in [1.165, 1.54) is 0 Å². The number of benzene rings is 1. The molecule has 1 unspecified atom stereocenters. The molecule has 2 rings (SSSR count). The molecule has 0 saturated carbocycles. The third-order valence-corrected chi connectivity index (χ3v) is 3.28. The maximum Gasteiger partial charge on any atom is 0.319 e. The molecule has 22 heavy (non-hydrogen) atoms. The van der Waals surface area contributed by atoms with Crippen molar-refractivity contribution in [2.24, 2.45) is 0 Å². The van der Waals surface area contributed by atoms with Crippen LogP contribution < -0.4 is 10.6 Å². The van der Waals surface area contributed by atoms with Gasteiger partial charge in [-0.1, -0.05) is 31.2 Å². The molecule has 3 N–H and O–H groups in total. The molecule has 0 aliphatic rings. The molecule has 2 amide bonds. The topological polar surface area (TPSA) is 87.1 Å². The van der Waals surface area contributed by atoms with E-state index in [9.17, 15) is 9.90 Å². The van der Waals surface area contributed by atoms with Crippen molar-refractivity contribution in [3.8, 4) is 0 Å². The number of urea groups is 1. The van der Waals surface area contributed by atoms with Gasteiger partial charge in [0.1, 0.15) is 5.82 Å². The van der Waals surface area contributed by atoms with Crippen LogP contribution in [0.25, 0.3) is 0 Å². The molecule has 6 heteroatoms. The van der Waals surface area contributed by atoms with Gasteiger partial charge in [0.25, 0.3) is 0 Å². The summed E-state index contributed by atoms with van der Waals surface area (Å²) in [6.07, 6.45) is 3.12. The van der Waals surface area contributed by atoms with E-state index in [4.69, 9.17) is 0 Å². The van der Waals surface area contributed by atoms with Crippen LogP contribution in [0.15, 0.2) is 36.7 Å². The molecule has 6 nitrogen and oxygen atoms in total. The summed E-state index contributed by atoms with van der Waals surface area (Å²) in [7, 11) is 0. The van der Waals surface area contributed by atoms with Crippen LogP contribution in [0.3, 0.4) is 0 Å². The second-order valence-corrected chi connectivity index (χ2v) is 4.95. The van der Waals surface area contributed by atoms with Gasteiger partial charge in [-0.05, 0) is 18.1 Å². The molecule has 0 saturated heterocycles. The van der Waals surface area contributed by atoms with Gasteiger partial charge in [-0.3, -0.25) is 0 Å².